The molecule has 174 valence electrons. The number of aliphatic hydroxyl groups excluding tert-OH is 1. The topological polar surface area (TPSA) is 90.7 Å². The van der Waals surface area contributed by atoms with Gasteiger partial charge >= 0.3 is 0 Å². The van der Waals surface area contributed by atoms with Crippen molar-refractivity contribution in [2.75, 3.05) is 11.4 Å². The molecule has 1 aliphatic carbocycles. The van der Waals surface area contributed by atoms with E-state index in [1.54, 1.807) is 17.4 Å². The van der Waals surface area contributed by atoms with Crippen molar-refractivity contribution in [3.63, 3.8) is 0 Å². The molecule has 0 radical (unpaired) electrons. The number of amides is 1. The Bertz CT molecular complexity index is 1560. The van der Waals surface area contributed by atoms with Crippen LogP contribution in [-0.2, 0) is 6.42 Å². The van der Waals surface area contributed by atoms with Crippen LogP contribution in [-0.4, -0.2) is 38.0 Å². The zero-order valence-corrected chi connectivity index (χ0v) is 18.4. The van der Waals surface area contributed by atoms with Crippen LogP contribution in [0.4, 0.5) is 14.5 Å². The molecule has 1 saturated carbocycles. The Balaban J connectivity index is 1.49. The zero-order valence-electron chi connectivity index (χ0n) is 18.4. The number of halogens is 2. The molecule has 1 amide bonds. The number of anilines is 1. The van der Waals surface area contributed by atoms with E-state index in [4.69, 9.17) is 0 Å². The van der Waals surface area contributed by atoms with Gasteiger partial charge in [-0.25, -0.2) is 13.8 Å². The van der Waals surface area contributed by atoms with Crippen molar-refractivity contribution < 1.29 is 18.7 Å². The van der Waals surface area contributed by atoms with Gasteiger partial charge in [0.05, 0.1) is 29.0 Å². The molecule has 3 heterocycles. The number of hydrogen-bond donors (Lipinski definition) is 2. The number of rotatable bonds is 2. The number of fused-ring (bicyclic) bond motifs is 4. The SMILES string of the molecule is Cc1cc2c(cc1C(=O)N1CCc3cc(F)c(F)cc31)[nH]c(=O)c1cnc([C@@H]3CCC[C@@H]3O)n12. The number of H-pyrrole nitrogens is 1. The molecule has 2 aromatic heterocycles. The summed E-state index contributed by atoms with van der Waals surface area (Å²) in [4.78, 5) is 35.0. The van der Waals surface area contributed by atoms with Crippen LogP contribution in [0.3, 0.4) is 0 Å². The predicted molar refractivity (Wildman–Crippen MR) is 122 cm³/mol. The van der Waals surface area contributed by atoms with Gasteiger partial charge in [-0.3, -0.25) is 14.0 Å². The minimum Gasteiger partial charge on any atom is -0.392 e. The molecule has 0 unspecified atom stereocenters. The maximum Gasteiger partial charge on any atom is 0.274 e. The molecule has 1 aliphatic heterocycles. The molecule has 7 nitrogen and oxygen atoms in total. The molecular weight excluding hydrogens is 442 g/mol. The number of imidazole rings is 1. The maximum absolute atomic E-state index is 13.9. The molecule has 0 spiro atoms. The number of hydrogen-bond acceptors (Lipinski definition) is 4. The lowest BCUT2D eigenvalue weighted by Crippen LogP contribution is -2.29. The molecule has 2 atom stereocenters. The Morgan fingerprint density at radius 2 is 1.94 bits per heavy atom. The van der Waals surface area contributed by atoms with E-state index in [1.165, 1.54) is 11.1 Å². The molecule has 2 aromatic carbocycles. The van der Waals surface area contributed by atoms with E-state index in [9.17, 15) is 23.5 Å². The highest BCUT2D eigenvalue weighted by molar-refractivity contribution is 6.09. The Morgan fingerprint density at radius 3 is 2.71 bits per heavy atom. The van der Waals surface area contributed by atoms with Gasteiger partial charge in [-0.2, -0.15) is 0 Å². The number of aromatic nitrogens is 3. The summed E-state index contributed by atoms with van der Waals surface area (Å²) >= 11 is 0. The first-order valence-electron chi connectivity index (χ1n) is 11.4. The highest BCUT2D eigenvalue weighted by Crippen LogP contribution is 2.36. The van der Waals surface area contributed by atoms with Crippen LogP contribution in [0.5, 0.6) is 0 Å². The molecular formula is C25H22F2N4O3. The summed E-state index contributed by atoms with van der Waals surface area (Å²) in [5, 5.41) is 10.4. The number of nitrogens with one attached hydrogen (secondary N) is 1. The van der Waals surface area contributed by atoms with Gasteiger partial charge < -0.3 is 15.0 Å². The van der Waals surface area contributed by atoms with Crippen molar-refractivity contribution >= 4 is 28.1 Å². The second-order valence-corrected chi connectivity index (χ2v) is 9.18. The third kappa shape index (κ3) is 3.00. The minimum atomic E-state index is -0.998. The lowest BCUT2D eigenvalue weighted by Gasteiger charge is -2.20. The average molecular weight is 464 g/mol. The van der Waals surface area contributed by atoms with Gasteiger partial charge in [-0.05, 0) is 55.5 Å². The van der Waals surface area contributed by atoms with Gasteiger partial charge in [0.2, 0.25) is 0 Å². The number of benzene rings is 2. The van der Waals surface area contributed by atoms with Crippen molar-refractivity contribution in [1.29, 1.82) is 0 Å². The van der Waals surface area contributed by atoms with Gasteiger partial charge in [-0.1, -0.05) is 6.42 Å². The second kappa shape index (κ2) is 7.46. The first kappa shape index (κ1) is 21.0. The second-order valence-electron chi connectivity index (χ2n) is 9.18. The fraction of sp³-hybridized carbons (Fsp3) is 0.320. The van der Waals surface area contributed by atoms with Crippen molar-refractivity contribution in [2.24, 2.45) is 0 Å². The van der Waals surface area contributed by atoms with Gasteiger partial charge in [0.1, 0.15) is 11.3 Å². The third-order valence-electron chi connectivity index (χ3n) is 7.16. The molecule has 0 bridgehead atoms. The van der Waals surface area contributed by atoms with Crippen molar-refractivity contribution in [2.45, 2.75) is 44.6 Å². The van der Waals surface area contributed by atoms with Gasteiger partial charge in [0.25, 0.3) is 11.5 Å². The van der Waals surface area contributed by atoms with Crippen molar-refractivity contribution in [3.8, 4) is 0 Å². The maximum atomic E-state index is 13.9. The summed E-state index contributed by atoms with van der Waals surface area (Å²) in [5.74, 6) is -1.80. The molecule has 2 N–H and O–H groups in total. The minimum absolute atomic E-state index is 0.162. The molecule has 4 aromatic rings. The van der Waals surface area contributed by atoms with Crippen LogP contribution in [0.1, 0.15) is 52.5 Å². The highest BCUT2D eigenvalue weighted by atomic mass is 19.2. The lowest BCUT2D eigenvalue weighted by atomic mass is 10.0. The van der Waals surface area contributed by atoms with E-state index in [2.05, 4.69) is 9.97 Å². The molecule has 34 heavy (non-hydrogen) atoms. The van der Waals surface area contributed by atoms with E-state index < -0.39 is 17.7 Å². The van der Waals surface area contributed by atoms with E-state index in [0.717, 1.165) is 25.0 Å². The van der Waals surface area contributed by atoms with Gasteiger partial charge in [0, 0.05) is 24.1 Å². The Labute approximate surface area is 192 Å². The van der Waals surface area contributed by atoms with Gasteiger partial charge in [0.15, 0.2) is 11.6 Å². The lowest BCUT2D eigenvalue weighted by molar-refractivity contribution is 0.0989. The van der Waals surface area contributed by atoms with Crippen LogP contribution in [0.25, 0.3) is 16.6 Å². The fourth-order valence-corrected chi connectivity index (χ4v) is 5.42. The fourth-order valence-electron chi connectivity index (χ4n) is 5.42. The summed E-state index contributed by atoms with van der Waals surface area (Å²) in [6, 6.07) is 5.64. The predicted octanol–water partition coefficient (Wildman–Crippen LogP) is 3.59. The normalized spacial score (nSPS) is 19.9. The number of aromatic amines is 1. The zero-order chi connectivity index (χ0) is 23.7. The summed E-state index contributed by atoms with van der Waals surface area (Å²) in [6.07, 6.45) is 3.81. The first-order valence-corrected chi connectivity index (χ1v) is 11.4. The van der Waals surface area contributed by atoms with Crippen LogP contribution in [0.2, 0.25) is 0 Å². The number of nitrogens with zero attached hydrogens (tertiary/aromatic N) is 3. The molecule has 1 fully saturated rings. The van der Waals surface area contributed by atoms with Gasteiger partial charge in [-0.15, -0.1) is 0 Å². The largest absolute Gasteiger partial charge is 0.392 e. The van der Waals surface area contributed by atoms with E-state index in [-0.39, 0.29) is 17.4 Å². The average Bonchev–Trinajstić information content (AvgIpc) is 3.52. The number of carbonyl (C=O) groups is 1. The summed E-state index contributed by atoms with van der Waals surface area (Å²) in [5.41, 5.74) is 3.17. The highest BCUT2D eigenvalue weighted by Gasteiger charge is 2.32. The Morgan fingerprint density at radius 1 is 1.15 bits per heavy atom. The quantitative estimate of drug-likeness (QED) is 0.474. The molecule has 2 aliphatic rings. The molecule has 9 heteroatoms. The van der Waals surface area contributed by atoms with Crippen molar-refractivity contribution in [1.82, 2.24) is 14.4 Å². The molecule has 6 rings (SSSR count). The van der Waals surface area contributed by atoms with Crippen LogP contribution >= 0.6 is 0 Å². The standard InChI is InChI=1S/C25H22F2N4O3/c1-12-7-20-18(29-24(33)21-11-28-23(31(20)21)14-3-2-4-22(14)32)9-15(12)25(34)30-6-5-13-8-16(26)17(27)10-19(13)30/h7-11,14,22,32H,2-6H2,1H3,(H,29,33)/t14-,22+/m1/s1. The molecule has 0 saturated heterocycles. The van der Waals surface area contributed by atoms with E-state index >= 15 is 0 Å². The monoisotopic (exact) mass is 464 g/mol. The van der Waals surface area contributed by atoms with Crippen molar-refractivity contribution in [3.05, 3.63) is 75.0 Å². The number of aryl methyl sites for hydroxylation is 1. The Hall–Kier alpha value is -3.59. The summed E-state index contributed by atoms with van der Waals surface area (Å²) < 4.78 is 29.3. The summed E-state index contributed by atoms with van der Waals surface area (Å²) in [7, 11) is 0. The first-order chi connectivity index (χ1) is 16.3. The number of carbonyl (C=O) groups excluding carboxylic acids is 1. The van der Waals surface area contributed by atoms with E-state index in [0.29, 0.717) is 64.1 Å². The smallest absolute Gasteiger partial charge is 0.274 e. The van der Waals surface area contributed by atoms with Crippen LogP contribution in [0.15, 0.2) is 35.3 Å². The van der Waals surface area contributed by atoms with E-state index in [1.807, 2.05) is 6.07 Å². The number of aliphatic hydroxyl groups is 1. The third-order valence-corrected chi connectivity index (χ3v) is 7.16. The van der Waals surface area contributed by atoms with Crippen LogP contribution < -0.4 is 10.5 Å². The summed E-state index contributed by atoms with van der Waals surface area (Å²) in [6.45, 7) is 2.11. The van der Waals surface area contributed by atoms with Crippen LogP contribution in [0, 0.1) is 18.6 Å². The Kier molecular flexibility index (Phi) is 4.60.